The molecule has 0 saturated heterocycles. The van der Waals surface area contributed by atoms with E-state index in [4.69, 9.17) is 0 Å². The maximum Gasteiger partial charge on any atom is 0.216 e. The molecule has 94 valence electrons. The van der Waals surface area contributed by atoms with Crippen molar-refractivity contribution in [3.63, 3.8) is 0 Å². The van der Waals surface area contributed by atoms with Crippen molar-refractivity contribution < 1.29 is 19.4 Å². The third-order valence-corrected chi connectivity index (χ3v) is 2.30. The first kappa shape index (κ1) is 13.5. The van der Waals surface area contributed by atoms with Crippen molar-refractivity contribution in [2.45, 2.75) is 25.6 Å². The minimum Gasteiger partial charge on any atom is -0.390 e. The SMILES string of the molecule is CC(=O)NCCC(O)C(O)c1ccncc1F. The molecule has 0 aliphatic heterocycles. The number of hydrogen-bond donors (Lipinski definition) is 3. The van der Waals surface area contributed by atoms with Gasteiger partial charge in [0.2, 0.25) is 5.91 Å². The van der Waals surface area contributed by atoms with E-state index in [1.165, 1.54) is 19.2 Å². The van der Waals surface area contributed by atoms with Gasteiger partial charge in [-0.3, -0.25) is 9.78 Å². The molecular formula is C11H15FN2O3. The van der Waals surface area contributed by atoms with Crippen LogP contribution in [0.4, 0.5) is 4.39 Å². The van der Waals surface area contributed by atoms with Crippen LogP contribution < -0.4 is 5.32 Å². The third kappa shape index (κ3) is 4.08. The highest BCUT2D eigenvalue weighted by Crippen LogP contribution is 2.20. The van der Waals surface area contributed by atoms with E-state index < -0.39 is 18.0 Å². The molecule has 0 aliphatic rings. The molecule has 0 bridgehead atoms. The molecule has 3 N–H and O–H groups in total. The molecule has 0 saturated carbocycles. The summed E-state index contributed by atoms with van der Waals surface area (Å²) in [6.45, 7) is 1.58. The summed E-state index contributed by atoms with van der Waals surface area (Å²) >= 11 is 0. The number of nitrogens with one attached hydrogen (secondary N) is 1. The van der Waals surface area contributed by atoms with Gasteiger partial charge in [-0.25, -0.2) is 4.39 Å². The van der Waals surface area contributed by atoms with Gasteiger partial charge < -0.3 is 15.5 Å². The van der Waals surface area contributed by atoms with E-state index >= 15 is 0 Å². The van der Waals surface area contributed by atoms with Gasteiger partial charge in [-0.1, -0.05) is 0 Å². The first-order chi connectivity index (χ1) is 8.02. The normalized spacial score (nSPS) is 14.1. The smallest absolute Gasteiger partial charge is 0.216 e. The van der Waals surface area contributed by atoms with Crippen LogP contribution in [0, 0.1) is 5.82 Å². The molecule has 1 aromatic rings. The second kappa shape index (κ2) is 6.27. The number of amides is 1. The summed E-state index contributed by atoms with van der Waals surface area (Å²) in [7, 11) is 0. The summed E-state index contributed by atoms with van der Waals surface area (Å²) < 4.78 is 13.2. The Morgan fingerprint density at radius 1 is 1.59 bits per heavy atom. The summed E-state index contributed by atoms with van der Waals surface area (Å²) in [5, 5.41) is 21.8. The van der Waals surface area contributed by atoms with Gasteiger partial charge in [0, 0.05) is 25.2 Å². The van der Waals surface area contributed by atoms with Crippen LogP contribution in [0.2, 0.25) is 0 Å². The molecule has 0 spiro atoms. The van der Waals surface area contributed by atoms with E-state index in [9.17, 15) is 19.4 Å². The molecule has 2 atom stereocenters. The Bertz CT molecular complexity index is 387. The molecule has 5 nitrogen and oxygen atoms in total. The lowest BCUT2D eigenvalue weighted by Crippen LogP contribution is -2.28. The highest BCUT2D eigenvalue weighted by molar-refractivity contribution is 5.72. The maximum atomic E-state index is 13.2. The van der Waals surface area contributed by atoms with Crippen LogP contribution in [0.3, 0.4) is 0 Å². The molecule has 1 aromatic heterocycles. The Balaban J connectivity index is 2.55. The molecule has 1 heterocycles. The van der Waals surface area contributed by atoms with Crippen molar-refractivity contribution in [1.82, 2.24) is 10.3 Å². The summed E-state index contributed by atoms with van der Waals surface area (Å²) in [5.74, 6) is -0.889. The predicted molar refractivity (Wildman–Crippen MR) is 58.5 cm³/mol. The summed E-state index contributed by atoms with van der Waals surface area (Å²) in [5.41, 5.74) is -0.00433. The van der Waals surface area contributed by atoms with Gasteiger partial charge >= 0.3 is 0 Å². The number of carbonyl (C=O) groups is 1. The van der Waals surface area contributed by atoms with Crippen molar-refractivity contribution in [3.05, 3.63) is 29.8 Å². The summed E-state index contributed by atoms with van der Waals surface area (Å²) in [6.07, 6.45) is -0.0189. The molecule has 0 aromatic carbocycles. The first-order valence-corrected chi connectivity index (χ1v) is 5.22. The Morgan fingerprint density at radius 2 is 2.29 bits per heavy atom. The number of aromatic nitrogens is 1. The molecule has 0 fully saturated rings. The largest absolute Gasteiger partial charge is 0.390 e. The molecule has 6 heteroatoms. The molecule has 1 rings (SSSR count). The van der Waals surface area contributed by atoms with E-state index in [1.807, 2.05) is 0 Å². The van der Waals surface area contributed by atoms with Crippen LogP contribution in [0.15, 0.2) is 18.5 Å². The van der Waals surface area contributed by atoms with Crippen molar-refractivity contribution in [3.8, 4) is 0 Å². The number of aliphatic hydroxyl groups is 2. The third-order valence-electron chi connectivity index (χ3n) is 2.30. The Labute approximate surface area is 98.3 Å². The topological polar surface area (TPSA) is 82.5 Å². The van der Waals surface area contributed by atoms with Crippen LogP contribution >= 0.6 is 0 Å². The number of aliphatic hydroxyl groups excluding tert-OH is 2. The minimum atomic E-state index is -1.33. The Hall–Kier alpha value is -1.53. The van der Waals surface area contributed by atoms with E-state index in [2.05, 4.69) is 10.3 Å². The second-order valence-corrected chi connectivity index (χ2v) is 3.68. The lowest BCUT2D eigenvalue weighted by atomic mass is 10.0. The lowest BCUT2D eigenvalue weighted by Gasteiger charge is -2.18. The summed E-state index contributed by atoms with van der Waals surface area (Å²) in [6, 6.07) is 1.31. The second-order valence-electron chi connectivity index (χ2n) is 3.68. The molecule has 0 radical (unpaired) electrons. The average molecular weight is 242 g/mol. The van der Waals surface area contributed by atoms with Crippen molar-refractivity contribution in [1.29, 1.82) is 0 Å². The lowest BCUT2D eigenvalue weighted by molar-refractivity contribution is -0.119. The Morgan fingerprint density at radius 3 is 2.88 bits per heavy atom. The van der Waals surface area contributed by atoms with Crippen LogP contribution in [-0.2, 0) is 4.79 Å². The number of hydrogen-bond acceptors (Lipinski definition) is 4. The van der Waals surface area contributed by atoms with Gasteiger partial charge in [-0.05, 0) is 12.5 Å². The molecular weight excluding hydrogens is 227 g/mol. The van der Waals surface area contributed by atoms with E-state index in [1.54, 1.807) is 0 Å². The number of pyridine rings is 1. The van der Waals surface area contributed by atoms with Gasteiger partial charge in [-0.15, -0.1) is 0 Å². The van der Waals surface area contributed by atoms with Gasteiger partial charge in [0.1, 0.15) is 11.9 Å². The fourth-order valence-electron chi connectivity index (χ4n) is 1.39. The van der Waals surface area contributed by atoms with Crippen molar-refractivity contribution in [2.24, 2.45) is 0 Å². The molecule has 1 amide bonds. The highest BCUT2D eigenvalue weighted by atomic mass is 19.1. The van der Waals surface area contributed by atoms with Crippen molar-refractivity contribution in [2.75, 3.05) is 6.54 Å². The maximum absolute atomic E-state index is 13.2. The van der Waals surface area contributed by atoms with Crippen molar-refractivity contribution >= 4 is 5.91 Å². The zero-order valence-electron chi connectivity index (χ0n) is 9.43. The predicted octanol–water partition coefficient (Wildman–Crippen LogP) is 0.141. The van der Waals surface area contributed by atoms with Gasteiger partial charge in [0.05, 0.1) is 12.3 Å². The van der Waals surface area contributed by atoms with E-state index in [-0.39, 0.29) is 24.4 Å². The fraction of sp³-hybridized carbons (Fsp3) is 0.455. The van der Waals surface area contributed by atoms with Crippen LogP contribution in [-0.4, -0.2) is 33.8 Å². The van der Waals surface area contributed by atoms with Crippen LogP contribution in [0.25, 0.3) is 0 Å². The van der Waals surface area contributed by atoms with Crippen LogP contribution in [0.1, 0.15) is 25.0 Å². The monoisotopic (exact) mass is 242 g/mol. The van der Waals surface area contributed by atoms with Gasteiger partial charge in [0.15, 0.2) is 0 Å². The molecule has 17 heavy (non-hydrogen) atoms. The zero-order valence-corrected chi connectivity index (χ0v) is 9.43. The fourth-order valence-corrected chi connectivity index (χ4v) is 1.39. The number of carbonyl (C=O) groups excluding carboxylic acids is 1. The highest BCUT2D eigenvalue weighted by Gasteiger charge is 2.21. The quantitative estimate of drug-likeness (QED) is 0.686. The molecule has 0 aliphatic carbocycles. The van der Waals surface area contributed by atoms with Crippen LogP contribution in [0.5, 0.6) is 0 Å². The standard InChI is InChI=1S/C11H15FN2O3/c1-7(15)14-5-3-10(16)11(17)8-2-4-13-6-9(8)12/h2,4,6,10-11,16-17H,3,5H2,1H3,(H,14,15). The van der Waals surface area contributed by atoms with Gasteiger partial charge in [-0.2, -0.15) is 0 Å². The number of halogens is 1. The summed E-state index contributed by atoms with van der Waals surface area (Å²) in [4.78, 5) is 14.1. The van der Waals surface area contributed by atoms with Gasteiger partial charge in [0.25, 0.3) is 0 Å². The van der Waals surface area contributed by atoms with E-state index in [0.717, 1.165) is 6.20 Å². The molecule has 2 unspecified atom stereocenters. The van der Waals surface area contributed by atoms with E-state index in [0.29, 0.717) is 0 Å². The first-order valence-electron chi connectivity index (χ1n) is 5.22. The number of rotatable bonds is 5. The number of nitrogens with zero attached hydrogens (tertiary/aromatic N) is 1. The minimum absolute atomic E-state index is 0.00433. The zero-order chi connectivity index (χ0) is 12.8. The Kier molecular flexibility index (Phi) is 4.99. The average Bonchev–Trinajstić information content (AvgIpc) is 2.28.